The molecule has 0 aliphatic carbocycles. The van der Waals surface area contributed by atoms with Crippen LogP contribution in [-0.4, -0.2) is 22.4 Å². The number of nitrogens with one attached hydrogen (secondary N) is 1. The Morgan fingerprint density at radius 1 is 1.62 bits per heavy atom. The van der Waals surface area contributed by atoms with Gasteiger partial charge in [-0.2, -0.15) is 5.10 Å². The van der Waals surface area contributed by atoms with Gasteiger partial charge in [-0.05, 0) is 42.0 Å². The fourth-order valence-corrected chi connectivity index (χ4v) is 2.19. The van der Waals surface area contributed by atoms with Crippen LogP contribution in [0.1, 0.15) is 19.3 Å². The molecule has 0 aromatic carbocycles. The molecule has 0 saturated carbocycles. The SMILES string of the molecule is Ic1cnn(C[C@H]2CCCCN2)c1. The van der Waals surface area contributed by atoms with E-state index in [1.165, 1.54) is 29.4 Å². The van der Waals surface area contributed by atoms with Crippen LogP contribution in [-0.2, 0) is 6.54 Å². The Bertz CT molecular complexity index is 266. The highest BCUT2D eigenvalue weighted by molar-refractivity contribution is 14.1. The summed E-state index contributed by atoms with van der Waals surface area (Å²) in [6.07, 6.45) is 7.97. The van der Waals surface area contributed by atoms with Gasteiger partial charge in [0.1, 0.15) is 0 Å². The summed E-state index contributed by atoms with van der Waals surface area (Å²) in [5, 5.41) is 7.79. The molecule has 13 heavy (non-hydrogen) atoms. The van der Waals surface area contributed by atoms with Crippen molar-refractivity contribution in [2.45, 2.75) is 31.8 Å². The van der Waals surface area contributed by atoms with Crippen molar-refractivity contribution in [1.82, 2.24) is 15.1 Å². The van der Waals surface area contributed by atoms with Crippen LogP contribution in [0.4, 0.5) is 0 Å². The summed E-state index contributed by atoms with van der Waals surface area (Å²) in [4.78, 5) is 0. The van der Waals surface area contributed by atoms with E-state index in [4.69, 9.17) is 0 Å². The Morgan fingerprint density at radius 3 is 3.15 bits per heavy atom. The van der Waals surface area contributed by atoms with Crippen LogP contribution >= 0.6 is 22.6 Å². The van der Waals surface area contributed by atoms with E-state index in [2.05, 4.69) is 39.2 Å². The molecule has 2 rings (SSSR count). The molecule has 72 valence electrons. The molecule has 0 radical (unpaired) electrons. The van der Waals surface area contributed by atoms with Gasteiger partial charge in [0.25, 0.3) is 0 Å². The van der Waals surface area contributed by atoms with Crippen LogP contribution in [0.5, 0.6) is 0 Å². The predicted molar refractivity (Wildman–Crippen MR) is 60.6 cm³/mol. The second kappa shape index (κ2) is 4.41. The van der Waals surface area contributed by atoms with E-state index in [9.17, 15) is 0 Å². The van der Waals surface area contributed by atoms with Crippen LogP contribution in [0.15, 0.2) is 12.4 Å². The Hall–Kier alpha value is -0.100. The molecule has 0 spiro atoms. The zero-order chi connectivity index (χ0) is 9.10. The van der Waals surface area contributed by atoms with Crippen LogP contribution < -0.4 is 5.32 Å². The topological polar surface area (TPSA) is 29.9 Å². The van der Waals surface area contributed by atoms with E-state index < -0.39 is 0 Å². The van der Waals surface area contributed by atoms with Crippen LogP contribution in [0.2, 0.25) is 0 Å². The van der Waals surface area contributed by atoms with Gasteiger partial charge in [0.15, 0.2) is 0 Å². The molecule has 1 N–H and O–H groups in total. The lowest BCUT2D eigenvalue weighted by molar-refractivity contribution is 0.351. The number of halogens is 1. The van der Waals surface area contributed by atoms with E-state index in [1.54, 1.807) is 0 Å². The molecule has 0 amide bonds. The van der Waals surface area contributed by atoms with E-state index >= 15 is 0 Å². The van der Waals surface area contributed by atoms with Gasteiger partial charge in [-0.3, -0.25) is 4.68 Å². The standard InChI is InChI=1S/C9H14IN3/c10-8-5-12-13(6-8)7-9-3-1-2-4-11-9/h5-6,9,11H,1-4,7H2/t9-/m1/s1. The molecule has 0 bridgehead atoms. The Balaban J connectivity index is 1.89. The molecule has 1 aliphatic rings. The van der Waals surface area contributed by atoms with Gasteiger partial charge in [-0.15, -0.1) is 0 Å². The number of hydrogen-bond acceptors (Lipinski definition) is 2. The first kappa shape index (κ1) is 9.45. The van der Waals surface area contributed by atoms with E-state index in [0.29, 0.717) is 6.04 Å². The van der Waals surface area contributed by atoms with Crippen molar-refractivity contribution in [3.8, 4) is 0 Å². The molecule has 1 fully saturated rings. The maximum Gasteiger partial charge on any atom is 0.0623 e. The molecule has 0 unspecified atom stereocenters. The maximum atomic E-state index is 4.28. The number of nitrogens with zero attached hydrogens (tertiary/aromatic N) is 2. The van der Waals surface area contributed by atoms with Crippen LogP contribution in [0.3, 0.4) is 0 Å². The van der Waals surface area contributed by atoms with Gasteiger partial charge < -0.3 is 5.32 Å². The number of hydrogen-bond donors (Lipinski definition) is 1. The van der Waals surface area contributed by atoms with Gasteiger partial charge in [0.2, 0.25) is 0 Å². The summed E-state index contributed by atoms with van der Waals surface area (Å²) in [7, 11) is 0. The smallest absolute Gasteiger partial charge is 0.0623 e. The Kier molecular flexibility index (Phi) is 3.21. The van der Waals surface area contributed by atoms with E-state index in [-0.39, 0.29) is 0 Å². The van der Waals surface area contributed by atoms with Gasteiger partial charge in [-0.25, -0.2) is 0 Å². The Morgan fingerprint density at radius 2 is 2.54 bits per heavy atom. The van der Waals surface area contributed by atoms with Crippen molar-refractivity contribution < 1.29 is 0 Å². The first-order chi connectivity index (χ1) is 6.34. The Labute approximate surface area is 92.0 Å². The van der Waals surface area contributed by atoms with Gasteiger partial charge in [0.05, 0.1) is 16.3 Å². The lowest BCUT2D eigenvalue weighted by atomic mass is 10.1. The number of rotatable bonds is 2. The molecule has 1 aromatic heterocycles. The average Bonchev–Trinajstić information content (AvgIpc) is 2.53. The molecule has 1 saturated heterocycles. The molecule has 1 aliphatic heterocycles. The highest BCUT2D eigenvalue weighted by atomic mass is 127. The minimum Gasteiger partial charge on any atom is -0.312 e. The van der Waals surface area contributed by atoms with Gasteiger partial charge >= 0.3 is 0 Å². The summed E-state index contributed by atoms with van der Waals surface area (Å²) in [5.41, 5.74) is 0. The third-order valence-electron chi connectivity index (χ3n) is 2.42. The maximum absolute atomic E-state index is 4.28. The average molecular weight is 291 g/mol. The normalized spacial score (nSPS) is 23.3. The largest absolute Gasteiger partial charge is 0.312 e. The van der Waals surface area contributed by atoms with Crippen molar-refractivity contribution >= 4 is 22.6 Å². The minimum atomic E-state index is 0.629. The van der Waals surface area contributed by atoms with Crippen molar-refractivity contribution in [1.29, 1.82) is 0 Å². The van der Waals surface area contributed by atoms with Crippen LogP contribution in [0.25, 0.3) is 0 Å². The van der Waals surface area contributed by atoms with Crippen molar-refractivity contribution in [2.75, 3.05) is 6.54 Å². The second-order valence-corrected chi connectivity index (χ2v) is 4.77. The van der Waals surface area contributed by atoms with Crippen LogP contribution in [0, 0.1) is 3.57 Å². The monoisotopic (exact) mass is 291 g/mol. The van der Waals surface area contributed by atoms with Crippen molar-refractivity contribution in [2.24, 2.45) is 0 Å². The quantitative estimate of drug-likeness (QED) is 0.839. The lowest BCUT2D eigenvalue weighted by Gasteiger charge is -2.23. The number of aromatic nitrogens is 2. The lowest BCUT2D eigenvalue weighted by Crippen LogP contribution is -2.37. The molecule has 4 heteroatoms. The highest BCUT2D eigenvalue weighted by Crippen LogP contribution is 2.09. The fraction of sp³-hybridized carbons (Fsp3) is 0.667. The zero-order valence-corrected chi connectivity index (χ0v) is 9.70. The second-order valence-electron chi connectivity index (χ2n) is 3.53. The third-order valence-corrected chi connectivity index (χ3v) is 2.98. The number of piperidine rings is 1. The zero-order valence-electron chi connectivity index (χ0n) is 7.54. The first-order valence-electron chi connectivity index (χ1n) is 4.76. The fourth-order valence-electron chi connectivity index (χ4n) is 1.74. The molecule has 3 nitrogen and oxygen atoms in total. The highest BCUT2D eigenvalue weighted by Gasteiger charge is 2.12. The molecular weight excluding hydrogens is 277 g/mol. The third kappa shape index (κ3) is 2.67. The predicted octanol–water partition coefficient (Wildman–Crippen LogP) is 1.63. The summed E-state index contributed by atoms with van der Waals surface area (Å²) < 4.78 is 3.25. The van der Waals surface area contributed by atoms with Gasteiger partial charge in [0, 0.05) is 12.2 Å². The molecule has 2 heterocycles. The van der Waals surface area contributed by atoms with E-state index in [1.807, 2.05) is 10.9 Å². The minimum absolute atomic E-state index is 0.629. The summed E-state index contributed by atoms with van der Waals surface area (Å²) in [5.74, 6) is 0. The summed E-state index contributed by atoms with van der Waals surface area (Å²) in [6.45, 7) is 2.19. The first-order valence-corrected chi connectivity index (χ1v) is 5.84. The van der Waals surface area contributed by atoms with E-state index in [0.717, 1.165) is 6.54 Å². The van der Waals surface area contributed by atoms with Crippen molar-refractivity contribution in [3.05, 3.63) is 16.0 Å². The molecule has 1 atom stereocenters. The van der Waals surface area contributed by atoms with Gasteiger partial charge in [-0.1, -0.05) is 6.42 Å². The molecular formula is C9H14IN3. The van der Waals surface area contributed by atoms with Crippen molar-refractivity contribution in [3.63, 3.8) is 0 Å². The summed E-state index contributed by atoms with van der Waals surface area (Å²) >= 11 is 2.29. The summed E-state index contributed by atoms with van der Waals surface area (Å²) in [6, 6.07) is 0.629. The molecule has 1 aromatic rings.